The van der Waals surface area contributed by atoms with Gasteiger partial charge in [-0.15, -0.1) is 0 Å². The van der Waals surface area contributed by atoms with Crippen LogP contribution in [0.1, 0.15) is 16.8 Å². The Kier molecular flexibility index (Phi) is 6.48. The minimum Gasteiger partial charge on any atom is -0.378 e. The third-order valence-corrected chi connectivity index (χ3v) is 6.11. The lowest BCUT2D eigenvalue weighted by Crippen LogP contribution is -2.37. The van der Waals surface area contributed by atoms with Gasteiger partial charge in [0.25, 0.3) is 0 Å². The minimum atomic E-state index is -3.55. The molecule has 1 aliphatic rings. The summed E-state index contributed by atoms with van der Waals surface area (Å²) in [6.07, 6.45) is 0. The zero-order valence-electron chi connectivity index (χ0n) is 16.5. The largest absolute Gasteiger partial charge is 0.378 e. The number of nitrogens with one attached hydrogen (secondary N) is 2. The second kappa shape index (κ2) is 8.85. The molecule has 0 spiro atoms. The van der Waals surface area contributed by atoms with Crippen LogP contribution in [0, 0.1) is 20.8 Å². The van der Waals surface area contributed by atoms with E-state index in [0.717, 1.165) is 35.7 Å². The highest BCUT2D eigenvalue weighted by atomic mass is 32.2. The quantitative estimate of drug-likeness (QED) is 0.676. The maximum Gasteiger partial charge on any atom is 0.240 e. The Labute approximate surface area is 166 Å². The van der Waals surface area contributed by atoms with Gasteiger partial charge < -0.3 is 15.0 Å². The fourth-order valence-electron chi connectivity index (χ4n) is 3.02. The zero-order valence-corrected chi connectivity index (χ0v) is 17.3. The Balaban J connectivity index is 1.59. The molecular weight excluding hydrogens is 378 g/mol. The molecule has 9 heteroatoms. The van der Waals surface area contributed by atoms with Gasteiger partial charge >= 0.3 is 0 Å². The molecule has 28 heavy (non-hydrogen) atoms. The van der Waals surface area contributed by atoms with Crippen molar-refractivity contribution in [3.63, 3.8) is 0 Å². The number of benzene rings is 1. The third-order valence-electron chi connectivity index (χ3n) is 4.51. The Morgan fingerprint density at radius 2 is 1.82 bits per heavy atom. The number of ether oxygens (including phenoxy) is 1. The van der Waals surface area contributed by atoms with Crippen LogP contribution >= 0.6 is 0 Å². The molecule has 2 heterocycles. The molecule has 3 rings (SSSR count). The second-order valence-electron chi connectivity index (χ2n) is 6.88. The number of nitrogens with zero attached hydrogens (tertiary/aromatic N) is 3. The molecule has 1 aliphatic heterocycles. The predicted octanol–water partition coefficient (Wildman–Crippen LogP) is 1.63. The van der Waals surface area contributed by atoms with Crippen LogP contribution in [0.15, 0.2) is 29.2 Å². The summed E-state index contributed by atoms with van der Waals surface area (Å²) in [5.41, 5.74) is 2.49. The summed E-state index contributed by atoms with van der Waals surface area (Å²) in [6, 6.07) is 7.34. The summed E-state index contributed by atoms with van der Waals surface area (Å²) in [4.78, 5) is 11.4. The molecule has 1 aromatic carbocycles. The van der Waals surface area contributed by atoms with Crippen LogP contribution in [0.3, 0.4) is 0 Å². The Morgan fingerprint density at radius 1 is 1.07 bits per heavy atom. The lowest BCUT2D eigenvalue weighted by Gasteiger charge is -2.28. The van der Waals surface area contributed by atoms with E-state index in [1.807, 2.05) is 32.0 Å². The molecule has 1 saturated heterocycles. The lowest BCUT2D eigenvalue weighted by atomic mass is 10.2. The maximum atomic E-state index is 12.5. The van der Waals surface area contributed by atoms with Gasteiger partial charge in [0, 0.05) is 37.9 Å². The summed E-state index contributed by atoms with van der Waals surface area (Å²) < 4.78 is 33.1. The number of hydrogen-bond acceptors (Lipinski definition) is 7. The first-order chi connectivity index (χ1) is 13.3. The van der Waals surface area contributed by atoms with Crippen molar-refractivity contribution in [2.75, 3.05) is 49.6 Å². The van der Waals surface area contributed by atoms with Crippen molar-refractivity contribution in [3.05, 3.63) is 41.1 Å². The van der Waals surface area contributed by atoms with Crippen LogP contribution in [0.5, 0.6) is 0 Å². The summed E-state index contributed by atoms with van der Waals surface area (Å²) in [5.74, 6) is 1.35. The normalized spacial score (nSPS) is 14.9. The fraction of sp³-hybridized carbons (Fsp3) is 0.474. The minimum absolute atomic E-state index is 0.236. The molecule has 1 fully saturated rings. The first kappa shape index (κ1) is 20.5. The van der Waals surface area contributed by atoms with Gasteiger partial charge in [0.1, 0.15) is 5.82 Å². The first-order valence-electron chi connectivity index (χ1n) is 9.34. The van der Waals surface area contributed by atoms with E-state index in [1.54, 1.807) is 13.0 Å². The number of aryl methyl sites for hydroxylation is 3. The van der Waals surface area contributed by atoms with E-state index < -0.39 is 10.0 Å². The van der Waals surface area contributed by atoms with Gasteiger partial charge in [0.15, 0.2) is 0 Å². The van der Waals surface area contributed by atoms with Gasteiger partial charge in [-0.1, -0.05) is 12.1 Å². The number of anilines is 2. The smallest absolute Gasteiger partial charge is 0.240 e. The van der Waals surface area contributed by atoms with Gasteiger partial charge in [-0.25, -0.2) is 18.1 Å². The van der Waals surface area contributed by atoms with Crippen molar-refractivity contribution in [2.45, 2.75) is 25.7 Å². The number of sulfonamides is 1. The maximum absolute atomic E-state index is 12.5. The van der Waals surface area contributed by atoms with Crippen LogP contribution in [0.25, 0.3) is 0 Å². The van der Waals surface area contributed by atoms with Crippen molar-refractivity contribution in [1.29, 1.82) is 0 Å². The highest BCUT2D eigenvalue weighted by molar-refractivity contribution is 7.89. The molecule has 8 nitrogen and oxygen atoms in total. The molecule has 2 N–H and O–H groups in total. The van der Waals surface area contributed by atoms with E-state index >= 15 is 0 Å². The van der Waals surface area contributed by atoms with E-state index in [9.17, 15) is 8.42 Å². The molecule has 0 bridgehead atoms. The molecule has 152 valence electrons. The van der Waals surface area contributed by atoms with Crippen molar-refractivity contribution < 1.29 is 13.2 Å². The Hall–Kier alpha value is -2.23. The third kappa shape index (κ3) is 5.18. The van der Waals surface area contributed by atoms with Crippen LogP contribution < -0.4 is 14.9 Å². The summed E-state index contributed by atoms with van der Waals surface area (Å²) in [5, 5.41) is 3.11. The first-order valence-corrected chi connectivity index (χ1v) is 10.8. The summed E-state index contributed by atoms with van der Waals surface area (Å²) in [7, 11) is -3.55. The SMILES string of the molecule is Cc1ccc(C)c(S(=O)(=O)NCCNc2nc(C)cc(N3CCOCC3)n2)c1. The molecule has 0 radical (unpaired) electrons. The van der Waals surface area contributed by atoms with Gasteiger partial charge in [-0.05, 0) is 38.0 Å². The molecule has 0 atom stereocenters. The molecule has 2 aromatic rings. The van der Waals surface area contributed by atoms with E-state index in [1.165, 1.54) is 0 Å². The van der Waals surface area contributed by atoms with Crippen molar-refractivity contribution in [3.8, 4) is 0 Å². The second-order valence-corrected chi connectivity index (χ2v) is 8.62. The molecule has 0 aliphatic carbocycles. The van der Waals surface area contributed by atoms with Crippen LogP contribution in [0.4, 0.5) is 11.8 Å². The van der Waals surface area contributed by atoms with Crippen LogP contribution in [-0.2, 0) is 14.8 Å². The van der Waals surface area contributed by atoms with E-state index in [-0.39, 0.29) is 6.54 Å². The summed E-state index contributed by atoms with van der Waals surface area (Å²) >= 11 is 0. The molecule has 0 unspecified atom stereocenters. The number of hydrogen-bond donors (Lipinski definition) is 2. The standard InChI is InChI=1S/C19H27N5O3S/c1-14-4-5-15(2)17(12-14)28(25,26)21-7-6-20-19-22-16(3)13-18(23-19)24-8-10-27-11-9-24/h4-5,12-13,21H,6-11H2,1-3H3,(H,20,22,23). The van der Waals surface area contributed by atoms with Gasteiger partial charge in [0.2, 0.25) is 16.0 Å². The van der Waals surface area contributed by atoms with Crippen LogP contribution in [-0.4, -0.2) is 57.8 Å². The average molecular weight is 406 g/mol. The van der Waals surface area contributed by atoms with Gasteiger partial charge in [0.05, 0.1) is 18.1 Å². The van der Waals surface area contributed by atoms with Gasteiger partial charge in [-0.2, -0.15) is 4.98 Å². The monoisotopic (exact) mass is 405 g/mol. The highest BCUT2D eigenvalue weighted by Crippen LogP contribution is 2.17. The average Bonchev–Trinajstić information content (AvgIpc) is 2.67. The molecule has 0 amide bonds. The van der Waals surface area contributed by atoms with Crippen molar-refractivity contribution in [2.24, 2.45) is 0 Å². The van der Waals surface area contributed by atoms with Crippen LogP contribution in [0.2, 0.25) is 0 Å². The Bertz CT molecular complexity index is 927. The van der Waals surface area contributed by atoms with Gasteiger partial charge in [-0.3, -0.25) is 0 Å². The van der Waals surface area contributed by atoms with E-state index in [2.05, 4.69) is 24.9 Å². The Morgan fingerprint density at radius 3 is 2.57 bits per heavy atom. The number of morpholine rings is 1. The van der Waals surface area contributed by atoms with Crippen molar-refractivity contribution >= 4 is 21.8 Å². The van der Waals surface area contributed by atoms with Crippen molar-refractivity contribution in [1.82, 2.24) is 14.7 Å². The van der Waals surface area contributed by atoms with E-state index in [0.29, 0.717) is 30.6 Å². The number of aromatic nitrogens is 2. The molecular formula is C19H27N5O3S. The molecule has 0 saturated carbocycles. The summed E-state index contributed by atoms with van der Waals surface area (Å²) in [6.45, 7) is 9.17. The van der Waals surface area contributed by atoms with E-state index in [4.69, 9.17) is 4.74 Å². The topological polar surface area (TPSA) is 96.5 Å². The number of rotatable bonds is 7. The highest BCUT2D eigenvalue weighted by Gasteiger charge is 2.17. The molecule has 1 aromatic heterocycles. The predicted molar refractivity (Wildman–Crippen MR) is 109 cm³/mol. The lowest BCUT2D eigenvalue weighted by molar-refractivity contribution is 0.122. The zero-order chi connectivity index (χ0) is 20.1. The fourth-order valence-corrected chi connectivity index (χ4v) is 4.38.